The Labute approximate surface area is 264 Å². The van der Waals surface area contributed by atoms with E-state index in [9.17, 15) is 10.2 Å². The van der Waals surface area contributed by atoms with Crippen molar-refractivity contribution in [2.45, 2.75) is 37.8 Å². The average Bonchev–Trinajstić information content (AvgIpc) is 3.05. The molecule has 0 saturated carbocycles. The van der Waals surface area contributed by atoms with E-state index in [1.165, 1.54) is 11.1 Å². The normalized spacial score (nSPS) is 19.3. The first-order valence-corrected chi connectivity index (χ1v) is 15.5. The summed E-state index contributed by atoms with van der Waals surface area (Å²) in [6.45, 7) is 1.74. The molecule has 4 aromatic rings. The van der Waals surface area contributed by atoms with E-state index in [0.29, 0.717) is 35.2 Å². The summed E-state index contributed by atoms with van der Waals surface area (Å²) in [5.41, 5.74) is 8.16. The summed E-state index contributed by atoms with van der Waals surface area (Å²) in [6, 6.07) is 18.1. The molecule has 8 heteroatoms. The lowest BCUT2D eigenvalue weighted by molar-refractivity contribution is 0.220. The largest absolute Gasteiger partial charge is 0.507 e. The highest BCUT2D eigenvalue weighted by Crippen LogP contribution is 2.51. The van der Waals surface area contributed by atoms with Gasteiger partial charge in [-0.15, -0.1) is 0 Å². The molecule has 2 N–H and O–H groups in total. The number of phenolic OH excluding ortho intramolecular Hbond substituents is 2. The van der Waals surface area contributed by atoms with Crippen molar-refractivity contribution in [1.82, 2.24) is 9.80 Å². The minimum Gasteiger partial charge on any atom is -0.507 e. The lowest BCUT2D eigenvalue weighted by atomic mass is 9.86. The molecule has 3 aliphatic rings. The van der Waals surface area contributed by atoms with Crippen molar-refractivity contribution < 1.29 is 29.2 Å². The molecule has 4 aromatic carbocycles. The van der Waals surface area contributed by atoms with Crippen LogP contribution in [0.15, 0.2) is 54.6 Å². The molecular weight excluding hydrogens is 568 g/mol. The molecule has 0 saturated heterocycles. The van der Waals surface area contributed by atoms with E-state index >= 15 is 0 Å². The number of methoxy groups -OCH3 is 3. The van der Waals surface area contributed by atoms with Gasteiger partial charge in [-0.05, 0) is 110 Å². The number of hydrogen-bond donors (Lipinski definition) is 2. The van der Waals surface area contributed by atoms with Crippen LogP contribution in [0.4, 0.5) is 0 Å². The van der Waals surface area contributed by atoms with Crippen molar-refractivity contribution in [2.24, 2.45) is 0 Å². The highest BCUT2D eigenvalue weighted by atomic mass is 16.5. The fourth-order valence-corrected chi connectivity index (χ4v) is 7.37. The molecule has 0 radical (unpaired) electrons. The molecule has 0 fully saturated rings. The number of nitrogens with zero attached hydrogens (tertiary/aromatic N) is 2. The van der Waals surface area contributed by atoms with Crippen LogP contribution in [0.25, 0.3) is 11.1 Å². The van der Waals surface area contributed by atoms with Crippen LogP contribution in [0.5, 0.6) is 40.2 Å². The molecule has 7 rings (SSSR count). The number of fused-ring (bicyclic) bond motifs is 6. The van der Waals surface area contributed by atoms with Crippen LogP contribution in [-0.4, -0.2) is 68.5 Å². The molecule has 3 heterocycles. The Balaban J connectivity index is 1.51. The van der Waals surface area contributed by atoms with Gasteiger partial charge in [0, 0.05) is 41.9 Å². The molecule has 0 aromatic heterocycles. The lowest BCUT2D eigenvalue weighted by Gasteiger charge is -2.37. The Morgan fingerprint density at radius 3 is 2.04 bits per heavy atom. The average molecular weight is 609 g/mol. The monoisotopic (exact) mass is 608 g/mol. The van der Waals surface area contributed by atoms with Crippen LogP contribution < -0.4 is 18.9 Å². The summed E-state index contributed by atoms with van der Waals surface area (Å²) in [7, 11) is 9.15. The molecule has 2 atom stereocenters. The molecule has 45 heavy (non-hydrogen) atoms. The number of hydrogen-bond acceptors (Lipinski definition) is 8. The number of rotatable bonds is 3. The number of benzene rings is 4. The molecule has 3 aliphatic heterocycles. The van der Waals surface area contributed by atoms with Gasteiger partial charge in [0.15, 0.2) is 23.0 Å². The summed E-state index contributed by atoms with van der Waals surface area (Å²) >= 11 is 0. The predicted octanol–water partition coefficient (Wildman–Crippen LogP) is 6.44. The zero-order chi connectivity index (χ0) is 31.4. The standard InChI is InChI=1S/C37H40N2O6/c1-38-12-10-23-18-32(43-4)33-20-25(23)28(38)16-22-7-9-31(42-3)27(15-22)26-14-21(6-8-30(26)40)17-29-35-24(11-13-39(29)2)19-34(44-5)36(41)37(35)45-33/h6-9,14-15,18-20,28-29,40-41H,10-13,16-17H2,1-5H3. The summed E-state index contributed by atoms with van der Waals surface area (Å²) in [5.74, 6) is 2.84. The first-order valence-electron chi connectivity index (χ1n) is 15.5. The predicted molar refractivity (Wildman–Crippen MR) is 173 cm³/mol. The first-order chi connectivity index (χ1) is 21.8. The highest BCUT2D eigenvalue weighted by Gasteiger charge is 2.34. The maximum atomic E-state index is 11.6. The van der Waals surface area contributed by atoms with Crippen LogP contribution in [0.3, 0.4) is 0 Å². The third-order valence-electron chi connectivity index (χ3n) is 9.90. The molecule has 0 spiro atoms. The van der Waals surface area contributed by atoms with Gasteiger partial charge in [-0.3, -0.25) is 9.80 Å². The maximum absolute atomic E-state index is 11.6. The van der Waals surface area contributed by atoms with Gasteiger partial charge in [-0.1, -0.05) is 12.1 Å². The summed E-state index contributed by atoms with van der Waals surface area (Å²) in [5, 5.41) is 22.8. The van der Waals surface area contributed by atoms with Crippen molar-refractivity contribution in [3.8, 4) is 51.4 Å². The van der Waals surface area contributed by atoms with Gasteiger partial charge in [0.25, 0.3) is 0 Å². The quantitative estimate of drug-likeness (QED) is 0.275. The minimum absolute atomic E-state index is 0.0304. The van der Waals surface area contributed by atoms with Crippen LogP contribution >= 0.6 is 0 Å². The van der Waals surface area contributed by atoms with Crippen LogP contribution in [0, 0.1) is 0 Å². The van der Waals surface area contributed by atoms with Gasteiger partial charge in [-0.2, -0.15) is 0 Å². The Kier molecular flexibility index (Phi) is 7.50. The van der Waals surface area contributed by atoms with Gasteiger partial charge in [0.1, 0.15) is 11.5 Å². The number of phenols is 2. The Hall–Kier alpha value is -4.40. The van der Waals surface area contributed by atoms with Gasteiger partial charge >= 0.3 is 0 Å². The van der Waals surface area contributed by atoms with Crippen molar-refractivity contribution >= 4 is 0 Å². The summed E-state index contributed by atoms with van der Waals surface area (Å²) in [4.78, 5) is 4.67. The molecule has 234 valence electrons. The van der Waals surface area contributed by atoms with E-state index in [1.807, 2.05) is 18.2 Å². The van der Waals surface area contributed by atoms with Crippen LogP contribution in [0.2, 0.25) is 0 Å². The van der Waals surface area contributed by atoms with Crippen LogP contribution in [0.1, 0.15) is 45.5 Å². The molecular formula is C37H40N2O6. The van der Waals surface area contributed by atoms with E-state index in [1.54, 1.807) is 27.4 Å². The molecule has 0 aliphatic carbocycles. The van der Waals surface area contributed by atoms with Gasteiger partial charge < -0.3 is 29.2 Å². The number of ether oxygens (including phenoxy) is 4. The second-order valence-electron chi connectivity index (χ2n) is 12.4. The first kappa shape index (κ1) is 29.3. The Morgan fingerprint density at radius 1 is 0.689 bits per heavy atom. The molecule has 2 unspecified atom stereocenters. The number of likely N-dealkylation sites (N-methyl/N-ethyl adjacent to an activating group) is 2. The highest BCUT2D eigenvalue weighted by molar-refractivity contribution is 5.77. The third-order valence-corrected chi connectivity index (χ3v) is 9.90. The Morgan fingerprint density at radius 2 is 1.31 bits per heavy atom. The number of aromatic hydroxyl groups is 2. The van der Waals surface area contributed by atoms with Crippen molar-refractivity contribution in [3.63, 3.8) is 0 Å². The van der Waals surface area contributed by atoms with Crippen molar-refractivity contribution in [2.75, 3.05) is 48.5 Å². The van der Waals surface area contributed by atoms with Gasteiger partial charge in [-0.25, -0.2) is 0 Å². The third kappa shape index (κ3) is 5.02. The van der Waals surface area contributed by atoms with Gasteiger partial charge in [0.05, 0.1) is 21.3 Å². The fourth-order valence-electron chi connectivity index (χ4n) is 7.37. The fraction of sp³-hybridized carbons (Fsp3) is 0.351. The second-order valence-corrected chi connectivity index (χ2v) is 12.4. The van der Waals surface area contributed by atoms with E-state index in [-0.39, 0.29) is 23.6 Å². The molecule has 6 bridgehead atoms. The van der Waals surface area contributed by atoms with Crippen LogP contribution in [-0.2, 0) is 25.7 Å². The topological polar surface area (TPSA) is 83.9 Å². The Bertz CT molecular complexity index is 1790. The molecule has 8 nitrogen and oxygen atoms in total. The SMILES string of the molecule is COc1cc2c3cc1Oc1c(O)c(OC)cc4c1C(Cc1ccc(O)c(c1)-c1cc(ccc1OC)CC3N(C)CC2)N(C)CC4. The zero-order valence-corrected chi connectivity index (χ0v) is 26.5. The van der Waals surface area contributed by atoms with Crippen molar-refractivity contribution in [3.05, 3.63) is 88.0 Å². The van der Waals surface area contributed by atoms with Gasteiger partial charge in [0.2, 0.25) is 5.75 Å². The van der Waals surface area contributed by atoms with E-state index in [2.05, 4.69) is 54.2 Å². The molecule has 0 amide bonds. The van der Waals surface area contributed by atoms with E-state index < -0.39 is 0 Å². The smallest absolute Gasteiger partial charge is 0.201 e. The van der Waals surface area contributed by atoms with Crippen molar-refractivity contribution in [1.29, 1.82) is 0 Å². The van der Waals surface area contributed by atoms with E-state index in [0.717, 1.165) is 65.7 Å². The second kappa shape index (κ2) is 11.5. The lowest BCUT2D eigenvalue weighted by Crippen LogP contribution is -2.34. The van der Waals surface area contributed by atoms with E-state index in [4.69, 9.17) is 18.9 Å². The zero-order valence-electron chi connectivity index (χ0n) is 26.5. The minimum atomic E-state index is -0.110. The maximum Gasteiger partial charge on any atom is 0.201 e. The summed E-state index contributed by atoms with van der Waals surface area (Å²) in [6.07, 6.45) is 3.06. The summed E-state index contributed by atoms with van der Waals surface area (Å²) < 4.78 is 24.1.